The second-order valence-electron chi connectivity index (χ2n) is 6.76. The molecule has 0 saturated heterocycles. The molecule has 0 amide bonds. The zero-order chi connectivity index (χ0) is 24.7. The van der Waals surface area contributed by atoms with E-state index in [0.29, 0.717) is 6.42 Å². The van der Waals surface area contributed by atoms with Crippen molar-refractivity contribution in [2.24, 2.45) is 0 Å². The summed E-state index contributed by atoms with van der Waals surface area (Å²) in [5, 5.41) is 25.9. The minimum Gasteiger partial charge on any atom is -0.213 e. The van der Waals surface area contributed by atoms with Crippen molar-refractivity contribution in [3.63, 3.8) is 0 Å². The van der Waals surface area contributed by atoms with Gasteiger partial charge in [0.15, 0.2) is 0 Å². The molecule has 15 heteroatoms. The zero-order valence-corrected chi connectivity index (χ0v) is 20.5. The molecule has 0 aromatic heterocycles. The number of nitrogens with zero attached hydrogens (tertiary/aromatic N) is 3. The van der Waals surface area contributed by atoms with E-state index in [1.165, 1.54) is 0 Å². The standard InChI is InChI=1S/C17H30N6O6S3/c1-2-3-10-17(30(24,25)21-14-7-4-11-18,31(26,27)22-15-8-5-12-19)32(28,29)23-16-9-6-13-20/h21-23H,2-10,14-16H2,1H3. The van der Waals surface area contributed by atoms with Gasteiger partial charge in [0.1, 0.15) is 0 Å². The van der Waals surface area contributed by atoms with Crippen molar-refractivity contribution in [2.45, 2.75) is 68.1 Å². The van der Waals surface area contributed by atoms with Gasteiger partial charge in [-0.15, -0.1) is 0 Å². The molecule has 0 atom stereocenters. The molecule has 32 heavy (non-hydrogen) atoms. The predicted molar refractivity (Wildman–Crippen MR) is 118 cm³/mol. The highest BCUT2D eigenvalue weighted by molar-refractivity contribution is 8.24. The Balaban J connectivity index is 6.46. The molecule has 0 unspecified atom stereocenters. The number of rotatable bonds is 18. The molecule has 182 valence electrons. The number of hydrogen-bond acceptors (Lipinski definition) is 9. The summed E-state index contributed by atoms with van der Waals surface area (Å²) in [5.41, 5.74) is 0. The summed E-state index contributed by atoms with van der Waals surface area (Å²) in [4.78, 5) is 0. The normalized spacial score (nSPS) is 12.6. The van der Waals surface area contributed by atoms with E-state index in [9.17, 15) is 25.3 Å². The largest absolute Gasteiger partial charge is 0.313 e. The Morgan fingerprint density at radius 3 is 1.19 bits per heavy atom. The summed E-state index contributed by atoms with van der Waals surface area (Å²) in [5.74, 6) is 0. The van der Waals surface area contributed by atoms with Gasteiger partial charge in [-0.3, -0.25) is 0 Å². The van der Waals surface area contributed by atoms with E-state index < -0.39 is 39.9 Å². The molecule has 0 bridgehead atoms. The average Bonchev–Trinajstić information content (AvgIpc) is 2.72. The Kier molecular flexibility index (Phi) is 13.6. The second-order valence-corrected chi connectivity index (χ2v) is 13.5. The van der Waals surface area contributed by atoms with Crippen LogP contribution in [0.3, 0.4) is 0 Å². The van der Waals surface area contributed by atoms with E-state index in [4.69, 9.17) is 15.8 Å². The third-order valence-electron chi connectivity index (χ3n) is 4.34. The summed E-state index contributed by atoms with van der Waals surface area (Å²) >= 11 is 0. The maximum Gasteiger partial charge on any atom is 0.313 e. The van der Waals surface area contributed by atoms with Crippen LogP contribution in [0.25, 0.3) is 0 Å². The minimum absolute atomic E-state index is 0.0111. The van der Waals surface area contributed by atoms with Crippen LogP contribution in [0, 0.1) is 34.0 Å². The Morgan fingerprint density at radius 2 is 0.938 bits per heavy atom. The Hall–Kier alpha value is -1.80. The molecule has 0 heterocycles. The number of unbranched alkanes of at least 4 members (excludes halogenated alkanes) is 4. The van der Waals surface area contributed by atoms with Crippen LogP contribution in [0.2, 0.25) is 0 Å². The molecule has 0 aromatic carbocycles. The van der Waals surface area contributed by atoms with E-state index in [-0.39, 0.29) is 64.6 Å². The third kappa shape index (κ3) is 7.96. The number of nitriles is 3. The van der Waals surface area contributed by atoms with Crippen molar-refractivity contribution in [1.29, 1.82) is 15.8 Å². The van der Waals surface area contributed by atoms with Gasteiger partial charge in [-0.1, -0.05) is 13.3 Å². The van der Waals surface area contributed by atoms with Crippen LogP contribution >= 0.6 is 0 Å². The minimum atomic E-state index is -5.03. The maximum absolute atomic E-state index is 13.3. The first kappa shape index (κ1) is 30.2. The van der Waals surface area contributed by atoms with Gasteiger partial charge in [-0.05, 0) is 25.7 Å². The molecule has 0 rings (SSSR count). The first-order valence-electron chi connectivity index (χ1n) is 10.1. The SMILES string of the molecule is CCCCC(S(=O)(=O)NCCCC#N)(S(=O)(=O)NCCCC#N)S(=O)(=O)NCCCC#N. The van der Waals surface area contributed by atoms with Crippen LogP contribution in [0.15, 0.2) is 0 Å². The van der Waals surface area contributed by atoms with E-state index in [0.717, 1.165) is 0 Å². The molecular formula is C17H30N6O6S3. The van der Waals surface area contributed by atoms with Gasteiger partial charge in [0, 0.05) is 45.3 Å². The van der Waals surface area contributed by atoms with Crippen molar-refractivity contribution in [2.75, 3.05) is 19.6 Å². The first-order chi connectivity index (χ1) is 15.0. The number of nitrogens with one attached hydrogen (secondary N) is 3. The van der Waals surface area contributed by atoms with Gasteiger partial charge in [-0.2, -0.15) is 15.8 Å². The quantitative estimate of drug-likeness (QED) is 0.219. The summed E-state index contributed by atoms with van der Waals surface area (Å²) in [6.07, 6.45) is -0.301. The van der Waals surface area contributed by atoms with E-state index in [2.05, 4.69) is 0 Å². The summed E-state index contributed by atoms with van der Waals surface area (Å²) in [6, 6.07) is 5.46. The summed E-state index contributed by atoms with van der Waals surface area (Å²) in [6.45, 7) is 0.685. The van der Waals surface area contributed by atoms with Crippen LogP contribution in [0.1, 0.15) is 64.7 Å². The van der Waals surface area contributed by atoms with Gasteiger partial charge in [0.2, 0.25) is 30.1 Å². The Bertz CT molecular complexity index is 894. The third-order valence-corrected chi connectivity index (χ3v) is 13.1. The van der Waals surface area contributed by atoms with Crippen molar-refractivity contribution in [3.8, 4) is 18.2 Å². The molecule has 12 nitrogen and oxygen atoms in total. The van der Waals surface area contributed by atoms with E-state index >= 15 is 0 Å². The Labute approximate surface area is 191 Å². The fourth-order valence-corrected chi connectivity index (χ4v) is 10.3. The van der Waals surface area contributed by atoms with Gasteiger partial charge < -0.3 is 0 Å². The monoisotopic (exact) mass is 510 g/mol. The van der Waals surface area contributed by atoms with Crippen molar-refractivity contribution in [1.82, 2.24) is 14.2 Å². The van der Waals surface area contributed by atoms with Gasteiger partial charge >= 0.3 is 3.41 Å². The molecule has 0 spiro atoms. The highest BCUT2D eigenvalue weighted by atomic mass is 32.3. The van der Waals surface area contributed by atoms with Gasteiger partial charge in [0.05, 0.1) is 18.2 Å². The lowest BCUT2D eigenvalue weighted by molar-refractivity contribution is 0.514. The molecule has 0 aliphatic heterocycles. The van der Waals surface area contributed by atoms with Gasteiger partial charge in [-0.25, -0.2) is 39.4 Å². The summed E-state index contributed by atoms with van der Waals surface area (Å²) in [7, 11) is -15.1. The lowest BCUT2D eigenvalue weighted by Crippen LogP contribution is -2.63. The Morgan fingerprint density at radius 1 is 0.625 bits per heavy atom. The molecule has 0 saturated carbocycles. The fraction of sp³-hybridized carbons (Fsp3) is 0.824. The molecule has 0 aliphatic carbocycles. The highest BCUT2D eigenvalue weighted by Crippen LogP contribution is 2.35. The van der Waals surface area contributed by atoms with Gasteiger partial charge in [0.25, 0.3) is 0 Å². The van der Waals surface area contributed by atoms with Crippen LogP contribution < -0.4 is 14.2 Å². The van der Waals surface area contributed by atoms with E-state index in [1.807, 2.05) is 32.4 Å². The lowest BCUT2D eigenvalue weighted by Gasteiger charge is -2.32. The van der Waals surface area contributed by atoms with Crippen molar-refractivity contribution in [3.05, 3.63) is 0 Å². The molecule has 0 fully saturated rings. The zero-order valence-electron chi connectivity index (χ0n) is 18.0. The fourth-order valence-electron chi connectivity index (χ4n) is 2.68. The smallest absolute Gasteiger partial charge is 0.213 e. The average molecular weight is 511 g/mol. The van der Waals surface area contributed by atoms with Crippen molar-refractivity contribution < 1.29 is 25.3 Å². The molecular weight excluding hydrogens is 480 g/mol. The highest BCUT2D eigenvalue weighted by Gasteiger charge is 2.64. The second kappa shape index (κ2) is 14.4. The van der Waals surface area contributed by atoms with Crippen LogP contribution in [-0.4, -0.2) is 48.3 Å². The van der Waals surface area contributed by atoms with Crippen molar-refractivity contribution >= 4 is 30.1 Å². The number of hydrogen-bond donors (Lipinski definition) is 3. The van der Waals surface area contributed by atoms with Crippen LogP contribution in [0.5, 0.6) is 0 Å². The van der Waals surface area contributed by atoms with E-state index in [1.54, 1.807) is 6.92 Å². The summed E-state index contributed by atoms with van der Waals surface area (Å²) < 4.78 is 82.4. The predicted octanol–water partition coefficient (Wildman–Crippen LogP) is 0.500. The van der Waals surface area contributed by atoms with Crippen LogP contribution in [-0.2, 0) is 30.1 Å². The van der Waals surface area contributed by atoms with Crippen LogP contribution in [0.4, 0.5) is 0 Å². The first-order valence-corrected chi connectivity index (χ1v) is 14.5. The molecule has 3 N–H and O–H groups in total. The molecule has 0 aliphatic rings. The molecule has 0 radical (unpaired) electrons. The molecule has 0 aromatic rings. The maximum atomic E-state index is 13.3. The topological polar surface area (TPSA) is 210 Å². The lowest BCUT2D eigenvalue weighted by atomic mass is 10.3. The number of sulfonamides is 3.